The van der Waals surface area contributed by atoms with Crippen LogP contribution >= 0.6 is 11.6 Å². The molecule has 0 radical (unpaired) electrons. The fraction of sp³-hybridized carbons (Fsp3) is 0.231. The van der Waals surface area contributed by atoms with Gasteiger partial charge in [0.2, 0.25) is 5.89 Å². The van der Waals surface area contributed by atoms with Crippen LogP contribution in [0.25, 0.3) is 28.3 Å². The molecule has 0 spiro atoms. The zero-order valence-corrected chi connectivity index (χ0v) is 19.4. The van der Waals surface area contributed by atoms with Gasteiger partial charge in [0.15, 0.2) is 5.76 Å². The van der Waals surface area contributed by atoms with E-state index in [1.54, 1.807) is 24.4 Å². The van der Waals surface area contributed by atoms with Crippen molar-refractivity contribution in [1.82, 2.24) is 14.9 Å². The molecule has 8 heteroatoms. The van der Waals surface area contributed by atoms with Gasteiger partial charge in [0.25, 0.3) is 5.56 Å². The first-order valence-electron chi connectivity index (χ1n) is 11.0. The molecular weight excluding hydrogens is 460 g/mol. The summed E-state index contributed by atoms with van der Waals surface area (Å²) in [6.07, 6.45) is 3.48. The van der Waals surface area contributed by atoms with Crippen LogP contribution in [0.1, 0.15) is 35.9 Å². The first-order chi connectivity index (χ1) is 16.3. The fourth-order valence-corrected chi connectivity index (χ4v) is 4.85. The highest BCUT2D eigenvalue weighted by Gasteiger charge is 2.27. The third-order valence-corrected chi connectivity index (χ3v) is 6.28. The molecule has 3 heterocycles. The highest BCUT2D eigenvalue weighted by Crippen LogP contribution is 2.37. The Hall–Kier alpha value is -3.29. The molecule has 4 aromatic rings. The van der Waals surface area contributed by atoms with Crippen molar-refractivity contribution in [3.05, 3.63) is 92.7 Å². The smallest absolute Gasteiger partial charge is 0.255 e. The summed E-state index contributed by atoms with van der Waals surface area (Å²) in [4.78, 5) is 17.5. The molecule has 1 fully saturated rings. The quantitative estimate of drug-likeness (QED) is 0.381. The second-order valence-electron chi connectivity index (χ2n) is 8.52. The lowest BCUT2D eigenvalue weighted by atomic mass is 10.1. The van der Waals surface area contributed by atoms with Gasteiger partial charge in [-0.05, 0) is 74.7 Å². The lowest BCUT2D eigenvalue weighted by molar-refractivity contribution is 0.436. The maximum Gasteiger partial charge on any atom is 0.255 e. The standard InChI is InChI=1S/C26H22ClF2N3O2/c1-14-10-17(27)11-15(2)24(14)32-13-16(5-8-22(32)33)23-25(19-7-6-18(28)12-20(19)29)34-26(31-23)21-4-3-9-30-21/h5-8,10-13,21,30H,3-4,9H2,1-2H3. The number of nitrogens with zero attached hydrogens (tertiary/aromatic N) is 2. The molecule has 0 amide bonds. The summed E-state index contributed by atoms with van der Waals surface area (Å²) >= 11 is 6.18. The molecule has 1 aliphatic rings. The van der Waals surface area contributed by atoms with E-state index in [4.69, 9.17) is 21.0 Å². The van der Waals surface area contributed by atoms with Crippen molar-refractivity contribution < 1.29 is 13.2 Å². The van der Waals surface area contributed by atoms with Crippen LogP contribution in [0.3, 0.4) is 0 Å². The first-order valence-corrected chi connectivity index (χ1v) is 11.4. The van der Waals surface area contributed by atoms with Gasteiger partial charge in [-0.1, -0.05) is 11.6 Å². The summed E-state index contributed by atoms with van der Waals surface area (Å²) in [5.41, 5.74) is 3.21. The van der Waals surface area contributed by atoms with Crippen molar-refractivity contribution in [3.63, 3.8) is 0 Å². The van der Waals surface area contributed by atoms with Crippen LogP contribution in [0.15, 0.2) is 57.9 Å². The number of hydrogen-bond acceptors (Lipinski definition) is 4. The summed E-state index contributed by atoms with van der Waals surface area (Å²) in [6.45, 7) is 4.60. The number of rotatable bonds is 4. The molecule has 1 atom stereocenters. The van der Waals surface area contributed by atoms with Crippen LogP contribution in [-0.2, 0) is 0 Å². The Labute approximate surface area is 200 Å². The monoisotopic (exact) mass is 481 g/mol. The maximum atomic E-state index is 14.8. The zero-order valence-electron chi connectivity index (χ0n) is 18.7. The lowest BCUT2D eigenvalue weighted by Gasteiger charge is -2.14. The number of aromatic nitrogens is 2. The highest BCUT2D eigenvalue weighted by molar-refractivity contribution is 6.30. The number of nitrogens with one attached hydrogen (secondary N) is 1. The molecule has 5 rings (SSSR count). The Kier molecular flexibility index (Phi) is 5.83. The lowest BCUT2D eigenvalue weighted by Crippen LogP contribution is -2.18. The van der Waals surface area contributed by atoms with Crippen molar-refractivity contribution in [2.24, 2.45) is 0 Å². The van der Waals surface area contributed by atoms with E-state index in [1.807, 2.05) is 13.8 Å². The van der Waals surface area contributed by atoms with Gasteiger partial charge in [0.1, 0.15) is 17.3 Å². The minimum absolute atomic E-state index is 0.0948. The van der Waals surface area contributed by atoms with Crippen molar-refractivity contribution in [2.45, 2.75) is 32.7 Å². The number of aryl methyl sites for hydroxylation is 2. The predicted octanol–water partition coefficient (Wildman–Crippen LogP) is 6.13. The van der Waals surface area contributed by atoms with E-state index in [1.165, 1.54) is 22.8 Å². The number of pyridine rings is 1. The average Bonchev–Trinajstić information content (AvgIpc) is 3.44. The van der Waals surface area contributed by atoms with Gasteiger partial charge in [-0.25, -0.2) is 13.8 Å². The molecule has 2 aromatic carbocycles. The second-order valence-corrected chi connectivity index (χ2v) is 8.95. The van der Waals surface area contributed by atoms with E-state index in [0.29, 0.717) is 27.9 Å². The summed E-state index contributed by atoms with van der Waals surface area (Å²) in [5, 5.41) is 3.91. The third-order valence-electron chi connectivity index (χ3n) is 6.06. The summed E-state index contributed by atoms with van der Waals surface area (Å²) in [7, 11) is 0. The molecule has 0 aliphatic carbocycles. The molecule has 174 valence electrons. The number of oxazole rings is 1. The molecule has 34 heavy (non-hydrogen) atoms. The van der Waals surface area contributed by atoms with Crippen LogP contribution in [0, 0.1) is 25.5 Å². The number of halogens is 3. The zero-order chi connectivity index (χ0) is 24.0. The first kappa shape index (κ1) is 22.5. The minimum atomic E-state index is -0.749. The van der Waals surface area contributed by atoms with Gasteiger partial charge >= 0.3 is 0 Å². The van der Waals surface area contributed by atoms with Crippen molar-refractivity contribution in [1.29, 1.82) is 0 Å². The van der Waals surface area contributed by atoms with Gasteiger partial charge in [-0.2, -0.15) is 0 Å². The highest BCUT2D eigenvalue weighted by atomic mass is 35.5. The van der Waals surface area contributed by atoms with Crippen LogP contribution < -0.4 is 10.9 Å². The van der Waals surface area contributed by atoms with Crippen molar-refractivity contribution in [3.8, 4) is 28.3 Å². The number of hydrogen-bond donors (Lipinski definition) is 1. The predicted molar refractivity (Wildman–Crippen MR) is 127 cm³/mol. The van der Waals surface area contributed by atoms with E-state index in [0.717, 1.165) is 36.6 Å². The van der Waals surface area contributed by atoms with Gasteiger partial charge in [-0.15, -0.1) is 0 Å². The molecular formula is C26H22ClF2N3O2. The molecule has 1 aliphatic heterocycles. The van der Waals surface area contributed by atoms with Crippen molar-refractivity contribution in [2.75, 3.05) is 6.54 Å². The van der Waals surface area contributed by atoms with E-state index >= 15 is 0 Å². The Balaban J connectivity index is 1.71. The summed E-state index contributed by atoms with van der Waals surface area (Å²) < 4.78 is 35.9. The van der Waals surface area contributed by atoms with Gasteiger partial charge in [0.05, 0.1) is 17.3 Å². The normalized spacial score (nSPS) is 15.7. The van der Waals surface area contributed by atoms with Crippen molar-refractivity contribution >= 4 is 11.6 Å². The Morgan fingerprint density at radius 3 is 2.56 bits per heavy atom. The fourth-order valence-electron chi connectivity index (χ4n) is 4.52. The summed E-state index contributed by atoms with van der Waals surface area (Å²) in [5.74, 6) is -0.804. The van der Waals surface area contributed by atoms with Crippen LogP contribution in [0.5, 0.6) is 0 Å². The topological polar surface area (TPSA) is 60.1 Å². The van der Waals surface area contributed by atoms with Gasteiger partial charge < -0.3 is 9.73 Å². The molecule has 1 N–H and O–H groups in total. The largest absolute Gasteiger partial charge is 0.438 e. The van der Waals surface area contributed by atoms with E-state index < -0.39 is 11.6 Å². The molecule has 1 saturated heterocycles. The Bertz CT molecular complexity index is 1430. The third kappa shape index (κ3) is 4.06. The van der Waals surface area contributed by atoms with Gasteiger partial charge in [-0.3, -0.25) is 9.36 Å². The van der Waals surface area contributed by atoms with Crippen LogP contribution in [0.4, 0.5) is 8.78 Å². The average molecular weight is 482 g/mol. The van der Waals surface area contributed by atoms with E-state index in [9.17, 15) is 13.6 Å². The summed E-state index contributed by atoms with van der Waals surface area (Å²) in [6, 6.07) is 9.90. The number of benzene rings is 2. The molecule has 2 aromatic heterocycles. The SMILES string of the molecule is Cc1cc(Cl)cc(C)c1-n1cc(-c2nc(C3CCCN3)oc2-c2ccc(F)cc2F)ccc1=O. The van der Waals surface area contributed by atoms with E-state index in [-0.39, 0.29) is 22.9 Å². The molecule has 0 saturated carbocycles. The second kappa shape index (κ2) is 8.81. The van der Waals surface area contributed by atoms with Crippen LogP contribution in [-0.4, -0.2) is 16.1 Å². The molecule has 1 unspecified atom stereocenters. The minimum Gasteiger partial charge on any atom is -0.438 e. The van der Waals surface area contributed by atoms with E-state index in [2.05, 4.69) is 5.32 Å². The van der Waals surface area contributed by atoms with Gasteiger partial charge in [0, 0.05) is 28.9 Å². The Morgan fingerprint density at radius 1 is 1.12 bits per heavy atom. The van der Waals surface area contributed by atoms with Crippen LogP contribution in [0.2, 0.25) is 5.02 Å². The maximum absolute atomic E-state index is 14.8. The Morgan fingerprint density at radius 2 is 1.88 bits per heavy atom. The molecule has 0 bridgehead atoms. The molecule has 5 nitrogen and oxygen atoms in total.